The number of hydrogen-bond acceptors (Lipinski definition) is 4. The predicted octanol–water partition coefficient (Wildman–Crippen LogP) is 7.91. The summed E-state index contributed by atoms with van der Waals surface area (Å²) in [6.07, 6.45) is 0. The Morgan fingerprint density at radius 1 is 0.605 bits per heavy atom. The lowest BCUT2D eigenvalue weighted by atomic mass is 10.1. The second-order valence-electron chi connectivity index (χ2n) is 9.06. The van der Waals surface area contributed by atoms with Gasteiger partial charge in [-0.3, -0.25) is 9.59 Å². The number of nitrogens with zero attached hydrogens (tertiary/aromatic N) is 2. The van der Waals surface area contributed by atoms with E-state index in [1.807, 2.05) is 48.5 Å². The number of benzene rings is 3. The zero-order valence-electron chi connectivity index (χ0n) is 21.9. The van der Waals surface area contributed by atoms with E-state index in [4.69, 9.17) is 47.6 Å². The van der Waals surface area contributed by atoms with Gasteiger partial charge in [-0.2, -0.15) is 0 Å². The van der Waals surface area contributed by atoms with E-state index in [0.29, 0.717) is 10.0 Å². The van der Waals surface area contributed by atoms with Crippen LogP contribution in [0.4, 0.5) is 0 Å². The van der Waals surface area contributed by atoms with Gasteiger partial charge in [-0.15, -0.1) is 0 Å². The van der Waals surface area contributed by atoms with Gasteiger partial charge in [0.05, 0.1) is 9.02 Å². The molecule has 2 heterocycles. The molecule has 0 aliphatic rings. The second kappa shape index (κ2) is 12.2. The van der Waals surface area contributed by atoms with Crippen LogP contribution >= 0.6 is 47.6 Å². The summed E-state index contributed by atoms with van der Waals surface area (Å²) < 4.78 is 1.54. The quantitative estimate of drug-likeness (QED) is 0.143. The second-order valence-corrected chi connectivity index (χ2v) is 10.7. The van der Waals surface area contributed by atoms with Crippen molar-refractivity contribution < 1.29 is 9.59 Å². The van der Waals surface area contributed by atoms with E-state index < -0.39 is 0 Å². The Labute approximate surface area is 241 Å². The van der Waals surface area contributed by atoms with Gasteiger partial charge in [0.1, 0.15) is 0 Å². The first-order valence-corrected chi connectivity index (χ1v) is 13.1. The molecule has 0 bridgehead atoms. The number of rotatable bonds is 0. The van der Waals surface area contributed by atoms with Crippen LogP contribution in [-0.4, -0.2) is 59.8 Å². The van der Waals surface area contributed by atoms with Crippen molar-refractivity contribution in [2.24, 2.45) is 0 Å². The van der Waals surface area contributed by atoms with Crippen LogP contribution in [0.2, 0.25) is 10.0 Å². The molecule has 0 aliphatic carbocycles. The number of halogens is 2. The minimum Gasteiger partial charge on any atom is -0.354 e. The van der Waals surface area contributed by atoms with Gasteiger partial charge < -0.3 is 19.8 Å². The Bertz CT molecular complexity index is 1680. The standard InChI is InChI=1S/C20H10Cl2N2S2.2C4H9NO/c21-9-1-3-15-11(5-9)19(25)13-8-18-14(7-17(13)23-15)20(26)12-6-10(22)2-4-16(12)24-18;2*1-4(6)5(2)3/h1-8H,(H,23,25)(H,24,26);2*1-3H3. The predicted molar refractivity (Wildman–Crippen MR) is 166 cm³/mol. The van der Waals surface area contributed by atoms with Gasteiger partial charge >= 0.3 is 0 Å². The van der Waals surface area contributed by atoms with Crippen LogP contribution in [0.1, 0.15) is 13.8 Å². The number of fused-ring (bicyclic) bond motifs is 4. The number of nitrogens with one attached hydrogen (secondary N) is 2. The van der Waals surface area contributed by atoms with Crippen LogP contribution in [0.25, 0.3) is 43.6 Å². The lowest BCUT2D eigenvalue weighted by Gasteiger charge is -2.09. The monoisotopic (exact) mass is 586 g/mol. The average Bonchev–Trinajstić information content (AvgIpc) is 2.85. The van der Waals surface area contributed by atoms with Crippen molar-refractivity contribution >= 4 is 103 Å². The van der Waals surface area contributed by atoms with Crippen LogP contribution in [0, 0.1) is 9.02 Å². The molecule has 0 saturated carbocycles. The highest BCUT2D eigenvalue weighted by atomic mass is 35.5. The van der Waals surface area contributed by atoms with E-state index in [2.05, 4.69) is 9.97 Å². The molecule has 2 aromatic heterocycles. The van der Waals surface area contributed by atoms with Crippen molar-refractivity contribution in [1.29, 1.82) is 0 Å². The van der Waals surface area contributed by atoms with E-state index in [0.717, 1.165) is 52.6 Å². The summed E-state index contributed by atoms with van der Waals surface area (Å²) in [5, 5.41) is 5.12. The zero-order valence-corrected chi connectivity index (χ0v) is 25.0. The first kappa shape index (κ1) is 29.5. The highest BCUT2D eigenvalue weighted by Gasteiger charge is 2.09. The highest BCUT2D eigenvalue weighted by Crippen LogP contribution is 2.31. The van der Waals surface area contributed by atoms with E-state index in [1.165, 1.54) is 23.6 Å². The third-order valence-corrected chi connectivity index (χ3v) is 7.25. The summed E-state index contributed by atoms with van der Waals surface area (Å²) in [5.41, 5.74) is 3.78. The molecule has 0 spiro atoms. The number of carbonyl (C=O) groups is 2. The van der Waals surface area contributed by atoms with Gasteiger partial charge in [0, 0.05) is 95.7 Å². The number of carbonyl (C=O) groups excluding carboxylic acids is 2. The Morgan fingerprint density at radius 3 is 1.18 bits per heavy atom. The molecule has 2 amide bonds. The maximum Gasteiger partial charge on any atom is 0.218 e. The molecule has 0 fully saturated rings. The molecule has 10 heteroatoms. The van der Waals surface area contributed by atoms with E-state index in [-0.39, 0.29) is 11.8 Å². The number of amides is 2. The topological polar surface area (TPSA) is 72.2 Å². The molecule has 6 nitrogen and oxygen atoms in total. The lowest BCUT2D eigenvalue weighted by molar-refractivity contribution is -0.127. The molecule has 0 aliphatic heterocycles. The van der Waals surface area contributed by atoms with Crippen molar-refractivity contribution in [2.75, 3.05) is 28.2 Å². The smallest absolute Gasteiger partial charge is 0.218 e. The molecule has 0 saturated heterocycles. The fourth-order valence-corrected chi connectivity index (χ4v) is 4.41. The van der Waals surface area contributed by atoms with Crippen LogP contribution < -0.4 is 0 Å². The number of pyridine rings is 2. The summed E-state index contributed by atoms with van der Waals surface area (Å²) >= 11 is 23.7. The van der Waals surface area contributed by atoms with Gasteiger partial charge in [0.25, 0.3) is 0 Å². The molecular weight excluding hydrogens is 559 g/mol. The van der Waals surface area contributed by atoms with Crippen LogP contribution in [0.3, 0.4) is 0 Å². The summed E-state index contributed by atoms with van der Waals surface area (Å²) in [4.78, 5) is 30.1. The van der Waals surface area contributed by atoms with Gasteiger partial charge in [0.15, 0.2) is 0 Å². The summed E-state index contributed by atoms with van der Waals surface area (Å²) in [6, 6.07) is 15.5. The molecule has 5 aromatic rings. The molecule has 3 aromatic carbocycles. The van der Waals surface area contributed by atoms with Crippen LogP contribution in [-0.2, 0) is 9.59 Å². The number of H-pyrrole nitrogens is 2. The minimum absolute atomic E-state index is 0.0926. The van der Waals surface area contributed by atoms with Crippen molar-refractivity contribution in [2.45, 2.75) is 13.8 Å². The summed E-state index contributed by atoms with van der Waals surface area (Å²) in [6.45, 7) is 3.06. The maximum absolute atomic E-state index is 10.1. The Morgan fingerprint density at radius 2 is 0.895 bits per heavy atom. The molecule has 0 unspecified atom stereocenters. The maximum atomic E-state index is 10.1. The average molecular weight is 588 g/mol. The molecule has 38 heavy (non-hydrogen) atoms. The van der Waals surface area contributed by atoms with Crippen LogP contribution in [0.5, 0.6) is 0 Å². The van der Waals surface area contributed by atoms with E-state index in [9.17, 15) is 9.59 Å². The zero-order chi connectivity index (χ0) is 28.3. The first-order valence-electron chi connectivity index (χ1n) is 11.6. The largest absolute Gasteiger partial charge is 0.354 e. The van der Waals surface area contributed by atoms with Crippen molar-refractivity contribution in [1.82, 2.24) is 19.8 Å². The Hall–Kier alpha value is -3.04. The van der Waals surface area contributed by atoms with Gasteiger partial charge in [0.2, 0.25) is 11.8 Å². The van der Waals surface area contributed by atoms with Gasteiger partial charge in [-0.1, -0.05) is 47.6 Å². The normalized spacial score (nSPS) is 10.5. The molecule has 2 N–H and O–H groups in total. The van der Waals surface area contributed by atoms with Crippen LogP contribution in [0.15, 0.2) is 48.5 Å². The molecule has 0 radical (unpaired) electrons. The van der Waals surface area contributed by atoms with Gasteiger partial charge in [-0.25, -0.2) is 0 Å². The Kier molecular flexibility index (Phi) is 9.49. The fourth-order valence-electron chi connectivity index (χ4n) is 3.39. The van der Waals surface area contributed by atoms with Crippen molar-refractivity contribution in [3.05, 3.63) is 67.6 Å². The molecule has 5 rings (SSSR count). The summed E-state index contributed by atoms with van der Waals surface area (Å²) in [5.74, 6) is 0.185. The third kappa shape index (κ3) is 6.69. The van der Waals surface area contributed by atoms with E-state index >= 15 is 0 Å². The van der Waals surface area contributed by atoms with E-state index in [1.54, 1.807) is 28.2 Å². The molecule has 198 valence electrons. The van der Waals surface area contributed by atoms with Crippen molar-refractivity contribution in [3.63, 3.8) is 0 Å². The SMILES string of the molecule is CC(=O)N(C)C.CC(=O)N(C)C.S=c1c2cc(Cl)ccc2[nH]c2cc3c(=S)c4cc(Cl)ccc4[nH]c3cc12. The molecular formula is C28H28Cl2N4O2S2. The lowest BCUT2D eigenvalue weighted by Crippen LogP contribution is -2.17. The number of aromatic nitrogens is 2. The highest BCUT2D eigenvalue weighted by molar-refractivity contribution is 7.72. The van der Waals surface area contributed by atoms with Gasteiger partial charge in [-0.05, 0) is 48.5 Å². The minimum atomic E-state index is 0.0926. The summed E-state index contributed by atoms with van der Waals surface area (Å²) in [7, 11) is 6.90. The fraction of sp³-hybridized carbons (Fsp3) is 0.214. The first-order chi connectivity index (χ1) is 17.8. The Balaban J connectivity index is 0.000000281. The molecule has 0 atom stereocenters. The number of aromatic amines is 2. The number of hydrogen-bond donors (Lipinski definition) is 2. The third-order valence-electron chi connectivity index (χ3n) is 5.90. The van der Waals surface area contributed by atoms with Crippen molar-refractivity contribution in [3.8, 4) is 0 Å².